The topological polar surface area (TPSA) is 52.4 Å². The van der Waals surface area contributed by atoms with Gasteiger partial charge in [0.1, 0.15) is 5.75 Å². The Morgan fingerprint density at radius 3 is 2.71 bits per heavy atom. The summed E-state index contributed by atoms with van der Waals surface area (Å²) in [6.45, 7) is 2.33. The molecule has 5 heteroatoms. The predicted molar refractivity (Wildman–Crippen MR) is 67.9 cm³/mol. The smallest absolute Gasteiger partial charge is 0.272 e. The van der Waals surface area contributed by atoms with E-state index in [1.54, 1.807) is 19.1 Å². The predicted octanol–water partition coefficient (Wildman–Crippen LogP) is 3.69. The van der Waals surface area contributed by atoms with E-state index in [4.69, 9.17) is 16.3 Å². The molecule has 0 radical (unpaired) electrons. The number of halogens is 1. The molecule has 0 saturated carbocycles. The van der Waals surface area contributed by atoms with Gasteiger partial charge in [-0.15, -0.1) is 11.6 Å². The van der Waals surface area contributed by atoms with E-state index in [1.807, 2.05) is 0 Å². The van der Waals surface area contributed by atoms with Gasteiger partial charge in [-0.05, 0) is 38.3 Å². The number of alkyl halides is 1. The summed E-state index contributed by atoms with van der Waals surface area (Å²) >= 11 is 5.56. The van der Waals surface area contributed by atoms with Crippen LogP contribution in [-0.4, -0.2) is 17.4 Å². The summed E-state index contributed by atoms with van der Waals surface area (Å²) in [5.41, 5.74) is 0.743. The summed E-state index contributed by atoms with van der Waals surface area (Å²) in [7, 11) is 0. The molecule has 94 valence electrons. The number of nitro groups is 1. The van der Waals surface area contributed by atoms with Gasteiger partial charge in [-0.25, -0.2) is 0 Å². The number of unbranched alkanes of at least 4 members (excludes halogenated alkanes) is 2. The third-order valence-corrected chi connectivity index (χ3v) is 2.68. The summed E-state index contributed by atoms with van der Waals surface area (Å²) in [5.74, 6) is 1.36. The zero-order valence-electron chi connectivity index (χ0n) is 9.82. The molecule has 0 aliphatic rings. The molecule has 1 aromatic rings. The molecule has 0 aliphatic carbocycles. The van der Waals surface area contributed by atoms with Gasteiger partial charge in [0.2, 0.25) is 0 Å². The summed E-state index contributed by atoms with van der Waals surface area (Å²) in [6, 6.07) is 4.80. The van der Waals surface area contributed by atoms with E-state index in [9.17, 15) is 10.1 Å². The Balaban J connectivity index is 2.45. The van der Waals surface area contributed by atoms with Crippen LogP contribution in [0, 0.1) is 17.0 Å². The second-order valence-corrected chi connectivity index (χ2v) is 4.18. The van der Waals surface area contributed by atoms with Crippen LogP contribution in [0.4, 0.5) is 5.69 Å². The maximum absolute atomic E-state index is 10.6. The lowest BCUT2D eigenvalue weighted by Crippen LogP contribution is -1.99. The Kier molecular flexibility index (Phi) is 5.77. The fourth-order valence-electron chi connectivity index (χ4n) is 1.49. The van der Waals surface area contributed by atoms with Gasteiger partial charge >= 0.3 is 0 Å². The quantitative estimate of drug-likeness (QED) is 0.324. The lowest BCUT2D eigenvalue weighted by atomic mass is 10.2. The van der Waals surface area contributed by atoms with Gasteiger partial charge in [-0.2, -0.15) is 0 Å². The van der Waals surface area contributed by atoms with E-state index in [2.05, 4.69) is 0 Å². The van der Waals surface area contributed by atoms with Crippen molar-refractivity contribution in [2.75, 3.05) is 12.5 Å². The van der Waals surface area contributed by atoms with Gasteiger partial charge in [-0.3, -0.25) is 10.1 Å². The van der Waals surface area contributed by atoms with E-state index in [0.29, 0.717) is 23.8 Å². The summed E-state index contributed by atoms with van der Waals surface area (Å²) in [4.78, 5) is 10.2. The minimum absolute atomic E-state index is 0.125. The van der Waals surface area contributed by atoms with Crippen molar-refractivity contribution in [3.05, 3.63) is 33.9 Å². The van der Waals surface area contributed by atoms with E-state index in [-0.39, 0.29) is 10.6 Å². The number of benzene rings is 1. The van der Waals surface area contributed by atoms with Crippen LogP contribution in [0.25, 0.3) is 0 Å². The molecular formula is C12H16ClNO3. The van der Waals surface area contributed by atoms with Crippen molar-refractivity contribution in [3.63, 3.8) is 0 Å². The second-order valence-electron chi connectivity index (χ2n) is 3.80. The number of nitrogens with zero attached hydrogens (tertiary/aromatic N) is 1. The second kappa shape index (κ2) is 7.12. The standard InChI is InChI=1S/C12H16ClNO3/c1-10-9-11(5-6-12(10)14(15)16)17-8-4-2-3-7-13/h5-6,9H,2-4,7-8H2,1H3. The lowest BCUT2D eigenvalue weighted by molar-refractivity contribution is -0.385. The normalized spacial score (nSPS) is 10.2. The molecule has 0 saturated heterocycles. The highest BCUT2D eigenvalue weighted by Crippen LogP contribution is 2.23. The maximum atomic E-state index is 10.6. The third-order valence-electron chi connectivity index (χ3n) is 2.41. The van der Waals surface area contributed by atoms with Crippen LogP contribution in [0.2, 0.25) is 0 Å². The highest BCUT2D eigenvalue weighted by Gasteiger charge is 2.10. The van der Waals surface area contributed by atoms with Crippen molar-refractivity contribution < 1.29 is 9.66 Å². The van der Waals surface area contributed by atoms with Crippen molar-refractivity contribution >= 4 is 17.3 Å². The van der Waals surface area contributed by atoms with Crippen molar-refractivity contribution in [2.24, 2.45) is 0 Å². The molecule has 0 N–H and O–H groups in total. The molecule has 0 heterocycles. The number of nitro benzene ring substituents is 1. The van der Waals surface area contributed by atoms with Crippen LogP contribution in [0.1, 0.15) is 24.8 Å². The van der Waals surface area contributed by atoms with E-state index in [0.717, 1.165) is 19.3 Å². The molecule has 0 fully saturated rings. The van der Waals surface area contributed by atoms with Crippen LogP contribution >= 0.6 is 11.6 Å². The minimum atomic E-state index is -0.389. The fourth-order valence-corrected chi connectivity index (χ4v) is 1.67. The minimum Gasteiger partial charge on any atom is -0.494 e. The third kappa shape index (κ3) is 4.61. The Morgan fingerprint density at radius 1 is 1.35 bits per heavy atom. The monoisotopic (exact) mass is 257 g/mol. The first-order chi connectivity index (χ1) is 8.15. The highest BCUT2D eigenvalue weighted by atomic mass is 35.5. The molecule has 0 atom stereocenters. The number of hydrogen-bond donors (Lipinski definition) is 0. The Hall–Kier alpha value is -1.29. The lowest BCUT2D eigenvalue weighted by Gasteiger charge is -2.06. The highest BCUT2D eigenvalue weighted by molar-refractivity contribution is 6.17. The van der Waals surface area contributed by atoms with Crippen LogP contribution in [0.15, 0.2) is 18.2 Å². The van der Waals surface area contributed by atoms with Crippen molar-refractivity contribution in [3.8, 4) is 5.75 Å². The van der Waals surface area contributed by atoms with E-state index >= 15 is 0 Å². The number of hydrogen-bond acceptors (Lipinski definition) is 3. The first-order valence-electron chi connectivity index (χ1n) is 5.59. The molecule has 0 unspecified atom stereocenters. The molecule has 1 rings (SSSR count). The van der Waals surface area contributed by atoms with Gasteiger partial charge in [-0.1, -0.05) is 0 Å². The maximum Gasteiger partial charge on any atom is 0.272 e. The molecule has 0 bridgehead atoms. The SMILES string of the molecule is Cc1cc(OCCCCCCl)ccc1[N+](=O)[O-]. The van der Waals surface area contributed by atoms with Crippen LogP contribution in [-0.2, 0) is 0 Å². The summed E-state index contributed by atoms with van der Waals surface area (Å²) in [5, 5.41) is 10.6. The molecule has 0 aliphatic heterocycles. The molecule has 0 spiro atoms. The largest absolute Gasteiger partial charge is 0.494 e. The molecule has 1 aromatic carbocycles. The Labute approximate surface area is 106 Å². The van der Waals surface area contributed by atoms with Crippen molar-refractivity contribution in [1.29, 1.82) is 0 Å². The Morgan fingerprint density at radius 2 is 2.12 bits per heavy atom. The van der Waals surface area contributed by atoms with Crippen molar-refractivity contribution in [2.45, 2.75) is 26.2 Å². The van der Waals surface area contributed by atoms with Crippen molar-refractivity contribution in [1.82, 2.24) is 0 Å². The van der Waals surface area contributed by atoms with E-state index in [1.165, 1.54) is 6.07 Å². The first-order valence-corrected chi connectivity index (χ1v) is 6.12. The molecule has 0 aromatic heterocycles. The molecule has 0 amide bonds. The number of aryl methyl sites for hydroxylation is 1. The molecule has 4 nitrogen and oxygen atoms in total. The number of ether oxygens (including phenoxy) is 1. The average Bonchev–Trinajstić information content (AvgIpc) is 2.28. The van der Waals surface area contributed by atoms with Crippen LogP contribution in [0.3, 0.4) is 0 Å². The van der Waals surface area contributed by atoms with Crippen LogP contribution in [0.5, 0.6) is 5.75 Å². The van der Waals surface area contributed by atoms with Gasteiger partial charge in [0.05, 0.1) is 11.5 Å². The number of rotatable bonds is 7. The van der Waals surface area contributed by atoms with Gasteiger partial charge in [0.25, 0.3) is 5.69 Å². The zero-order valence-corrected chi connectivity index (χ0v) is 10.6. The molecule has 17 heavy (non-hydrogen) atoms. The van der Waals surface area contributed by atoms with Gasteiger partial charge in [0.15, 0.2) is 0 Å². The first kappa shape index (κ1) is 13.8. The summed E-state index contributed by atoms with van der Waals surface area (Å²) < 4.78 is 5.50. The zero-order chi connectivity index (χ0) is 12.7. The van der Waals surface area contributed by atoms with Gasteiger partial charge in [0, 0.05) is 17.5 Å². The Bertz CT molecular complexity index is 382. The average molecular weight is 258 g/mol. The summed E-state index contributed by atoms with van der Waals surface area (Å²) in [6.07, 6.45) is 2.97. The fraction of sp³-hybridized carbons (Fsp3) is 0.500. The molecular weight excluding hydrogens is 242 g/mol. The van der Waals surface area contributed by atoms with E-state index < -0.39 is 0 Å². The van der Waals surface area contributed by atoms with Gasteiger partial charge < -0.3 is 4.74 Å². The van der Waals surface area contributed by atoms with Crippen LogP contribution < -0.4 is 4.74 Å².